The molecule has 0 atom stereocenters. The molecule has 0 saturated carbocycles. The smallest absolute Gasteiger partial charge is 0.311 e. The molecule has 0 saturated heterocycles. The van der Waals surface area contributed by atoms with Crippen LogP contribution in [0.15, 0.2) is 18.2 Å². The van der Waals surface area contributed by atoms with Crippen LogP contribution in [0.5, 0.6) is 11.5 Å². The predicted molar refractivity (Wildman–Crippen MR) is 72.0 cm³/mol. The van der Waals surface area contributed by atoms with Crippen LogP contribution in [-0.2, 0) is 10.2 Å². The highest BCUT2D eigenvalue weighted by Crippen LogP contribution is 2.33. The largest absolute Gasteiger partial charge is 0.508 e. The molecule has 1 aromatic rings. The molecular weight excluding hydrogens is 228 g/mol. The molecule has 1 aromatic carbocycles. The van der Waals surface area contributed by atoms with E-state index >= 15 is 0 Å². The zero-order valence-corrected chi connectivity index (χ0v) is 11.6. The van der Waals surface area contributed by atoms with Gasteiger partial charge in [-0.15, -0.1) is 0 Å². The van der Waals surface area contributed by atoms with Crippen molar-refractivity contribution < 1.29 is 14.6 Å². The van der Waals surface area contributed by atoms with Crippen LogP contribution in [0, 0.1) is 0 Å². The topological polar surface area (TPSA) is 46.5 Å². The fourth-order valence-electron chi connectivity index (χ4n) is 1.68. The van der Waals surface area contributed by atoms with E-state index in [1.54, 1.807) is 18.2 Å². The molecule has 3 heteroatoms. The van der Waals surface area contributed by atoms with Crippen molar-refractivity contribution in [3.63, 3.8) is 0 Å². The first kappa shape index (κ1) is 14.6. The van der Waals surface area contributed by atoms with Crippen molar-refractivity contribution in [1.82, 2.24) is 0 Å². The number of aromatic hydroxyl groups is 1. The molecule has 0 aliphatic heterocycles. The number of hydrogen-bond donors (Lipinski definition) is 1. The van der Waals surface area contributed by atoms with Crippen LogP contribution in [0.4, 0.5) is 0 Å². The van der Waals surface area contributed by atoms with Gasteiger partial charge in [0.25, 0.3) is 0 Å². The Bertz CT molecular complexity index is 416. The highest BCUT2D eigenvalue weighted by atomic mass is 16.5. The molecule has 0 radical (unpaired) electrons. The van der Waals surface area contributed by atoms with Crippen molar-refractivity contribution >= 4 is 5.97 Å². The van der Waals surface area contributed by atoms with Gasteiger partial charge in [-0.1, -0.05) is 34.1 Å². The summed E-state index contributed by atoms with van der Waals surface area (Å²) in [7, 11) is 0. The van der Waals surface area contributed by atoms with Crippen LogP contribution in [0.2, 0.25) is 0 Å². The molecule has 18 heavy (non-hydrogen) atoms. The Kier molecular flexibility index (Phi) is 4.76. The molecule has 100 valence electrons. The fourth-order valence-corrected chi connectivity index (χ4v) is 1.68. The van der Waals surface area contributed by atoms with Crippen LogP contribution in [0.1, 0.15) is 52.5 Å². The van der Waals surface area contributed by atoms with Crippen molar-refractivity contribution in [3.05, 3.63) is 23.8 Å². The Labute approximate surface area is 109 Å². The molecule has 0 bridgehead atoms. The maximum atomic E-state index is 11.5. The summed E-state index contributed by atoms with van der Waals surface area (Å²) in [4.78, 5) is 11.5. The number of ether oxygens (including phenoxy) is 1. The molecule has 0 aliphatic rings. The van der Waals surface area contributed by atoms with E-state index in [0.717, 1.165) is 18.4 Å². The second-order valence-corrected chi connectivity index (χ2v) is 5.51. The van der Waals surface area contributed by atoms with Crippen molar-refractivity contribution in [3.8, 4) is 11.5 Å². The third-order valence-electron chi connectivity index (χ3n) is 2.74. The van der Waals surface area contributed by atoms with Gasteiger partial charge in [-0.25, -0.2) is 0 Å². The minimum Gasteiger partial charge on any atom is -0.508 e. The van der Waals surface area contributed by atoms with Crippen LogP contribution in [0.3, 0.4) is 0 Å². The lowest BCUT2D eigenvalue weighted by Crippen LogP contribution is -2.13. The number of carbonyl (C=O) groups excluding carboxylic acids is 1. The van der Waals surface area contributed by atoms with Crippen molar-refractivity contribution in [2.75, 3.05) is 0 Å². The second kappa shape index (κ2) is 5.89. The first-order chi connectivity index (χ1) is 8.34. The highest BCUT2D eigenvalue weighted by Gasteiger charge is 2.19. The quantitative estimate of drug-likeness (QED) is 0.653. The van der Waals surface area contributed by atoms with Gasteiger partial charge < -0.3 is 9.84 Å². The zero-order chi connectivity index (χ0) is 13.8. The van der Waals surface area contributed by atoms with Gasteiger partial charge in [-0.05, 0) is 30.0 Å². The summed E-state index contributed by atoms with van der Waals surface area (Å²) in [6.07, 6.45) is 2.24. The van der Waals surface area contributed by atoms with E-state index in [9.17, 15) is 9.90 Å². The normalized spacial score (nSPS) is 11.3. The lowest BCUT2D eigenvalue weighted by molar-refractivity contribution is -0.134. The van der Waals surface area contributed by atoms with Gasteiger partial charge in [0.2, 0.25) is 0 Å². The van der Waals surface area contributed by atoms with Crippen molar-refractivity contribution in [1.29, 1.82) is 0 Å². The third-order valence-corrected chi connectivity index (χ3v) is 2.74. The van der Waals surface area contributed by atoms with Gasteiger partial charge in [0.15, 0.2) is 0 Å². The summed E-state index contributed by atoms with van der Waals surface area (Å²) in [6, 6.07) is 4.93. The molecule has 0 aliphatic carbocycles. The van der Waals surface area contributed by atoms with Gasteiger partial charge in [-0.2, -0.15) is 0 Å². The number of rotatable bonds is 4. The Balaban J connectivity index is 2.83. The second-order valence-electron chi connectivity index (χ2n) is 5.51. The number of carbonyl (C=O) groups is 1. The highest BCUT2D eigenvalue weighted by molar-refractivity contribution is 5.72. The molecule has 1 N–H and O–H groups in total. The molecule has 3 nitrogen and oxygen atoms in total. The Hall–Kier alpha value is -1.51. The molecule has 0 spiro atoms. The number of unbranched alkanes of at least 4 members (excludes halogenated alkanes) is 1. The molecule has 0 unspecified atom stereocenters. The van der Waals surface area contributed by atoms with Crippen LogP contribution in [-0.4, -0.2) is 11.1 Å². The summed E-state index contributed by atoms with van der Waals surface area (Å²) in [6.45, 7) is 8.05. The van der Waals surface area contributed by atoms with E-state index in [2.05, 4.69) is 0 Å². The first-order valence-corrected chi connectivity index (χ1v) is 6.38. The average Bonchev–Trinajstić information content (AvgIpc) is 2.27. The van der Waals surface area contributed by atoms with Gasteiger partial charge >= 0.3 is 5.97 Å². The SMILES string of the molecule is CCCCC(=O)Oc1ccc(O)c(C(C)(C)C)c1. The predicted octanol–water partition coefficient (Wildman–Crippen LogP) is 3.79. The first-order valence-electron chi connectivity index (χ1n) is 6.38. The maximum absolute atomic E-state index is 11.5. The number of esters is 1. The molecule has 0 amide bonds. The Morgan fingerprint density at radius 3 is 2.56 bits per heavy atom. The summed E-state index contributed by atoms with van der Waals surface area (Å²) in [5, 5.41) is 9.81. The number of hydrogen-bond acceptors (Lipinski definition) is 3. The Morgan fingerprint density at radius 2 is 2.00 bits per heavy atom. The van der Waals surface area contributed by atoms with Crippen molar-refractivity contribution in [2.24, 2.45) is 0 Å². The van der Waals surface area contributed by atoms with E-state index in [4.69, 9.17) is 4.74 Å². The zero-order valence-electron chi connectivity index (χ0n) is 11.6. The summed E-state index contributed by atoms with van der Waals surface area (Å²) in [5.74, 6) is 0.511. The Morgan fingerprint density at radius 1 is 1.33 bits per heavy atom. The lowest BCUT2D eigenvalue weighted by Gasteiger charge is -2.21. The number of phenols is 1. The lowest BCUT2D eigenvalue weighted by atomic mass is 9.86. The summed E-state index contributed by atoms with van der Waals surface area (Å²) < 4.78 is 5.26. The van der Waals surface area contributed by atoms with Crippen LogP contribution < -0.4 is 4.74 Å². The summed E-state index contributed by atoms with van der Waals surface area (Å²) in [5.41, 5.74) is 0.596. The molecule has 0 fully saturated rings. The van der Waals surface area contributed by atoms with E-state index < -0.39 is 0 Å². The van der Waals surface area contributed by atoms with Crippen LogP contribution >= 0.6 is 0 Å². The van der Waals surface area contributed by atoms with E-state index in [1.807, 2.05) is 27.7 Å². The fraction of sp³-hybridized carbons (Fsp3) is 0.533. The minimum absolute atomic E-state index is 0.185. The van der Waals surface area contributed by atoms with E-state index in [0.29, 0.717) is 12.2 Å². The summed E-state index contributed by atoms with van der Waals surface area (Å²) >= 11 is 0. The van der Waals surface area contributed by atoms with Gasteiger partial charge in [0.1, 0.15) is 11.5 Å². The molecule has 0 heterocycles. The third kappa shape index (κ3) is 4.06. The number of benzene rings is 1. The minimum atomic E-state index is -0.220. The molecule has 1 rings (SSSR count). The monoisotopic (exact) mass is 250 g/mol. The molecular formula is C15H22O3. The molecule has 0 aromatic heterocycles. The van der Waals surface area contributed by atoms with E-state index in [-0.39, 0.29) is 17.1 Å². The maximum Gasteiger partial charge on any atom is 0.311 e. The van der Waals surface area contributed by atoms with Gasteiger partial charge in [-0.3, -0.25) is 4.79 Å². The standard InChI is InChI=1S/C15H22O3/c1-5-6-7-14(17)18-11-8-9-13(16)12(10-11)15(2,3)4/h8-10,16H,5-7H2,1-4H3. The van der Waals surface area contributed by atoms with Crippen molar-refractivity contribution in [2.45, 2.75) is 52.4 Å². The number of phenolic OH excluding ortho intramolecular Hbond substituents is 1. The van der Waals surface area contributed by atoms with Gasteiger partial charge in [0.05, 0.1) is 0 Å². The van der Waals surface area contributed by atoms with Crippen LogP contribution in [0.25, 0.3) is 0 Å². The van der Waals surface area contributed by atoms with Gasteiger partial charge in [0, 0.05) is 12.0 Å². The van der Waals surface area contributed by atoms with E-state index in [1.165, 1.54) is 0 Å². The average molecular weight is 250 g/mol.